The lowest BCUT2D eigenvalue weighted by atomic mass is 10.1. The summed E-state index contributed by atoms with van der Waals surface area (Å²) in [7, 11) is 1.68. The van der Waals surface area contributed by atoms with Crippen LogP contribution in [0.5, 0.6) is 5.75 Å². The Bertz CT molecular complexity index is 992. The minimum absolute atomic E-state index is 0.0635. The third-order valence-electron chi connectivity index (χ3n) is 5.42. The topological polar surface area (TPSA) is 72.0 Å². The molecule has 156 valence electrons. The van der Waals surface area contributed by atoms with Crippen LogP contribution in [0.15, 0.2) is 59.1 Å². The van der Waals surface area contributed by atoms with Gasteiger partial charge in [0, 0.05) is 23.4 Å². The summed E-state index contributed by atoms with van der Waals surface area (Å²) in [6.07, 6.45) is 0. The van der Waals surface area contributed by atoms with E-state index in [0.717, 1.165) is 43.2 Å². The minimum atomic E-state index is -0.0635. The Morgan fingerprint density at radius 1 is 1.17 bits per heavy atom. The highest BCUT2D eigenvalue weighted by molar-refractivity contribution is 5.90. The van der Waals surface area contributed by atoms with Crippen molar-refractivity contribution in [2.24, 2.45) is 0 Å². The summed E-state index contributed by atoms with van der Waals surface area (Å²) in [6, 6.07) is 17.9. The number of carbonyl (C=O) groups is 1. The summed E-state index contributed by atoms with van der Waals surface area (Å²) in [4.78, 5) is 16.0. The molecule has 0 atom stereocenters. The minimum Gasteiger partial charge on any atom is -0.497 e. The molecule has 1 fully saturated rings. The summed E-state index contributed by atoms with van der Waals surface area (Å²) >= 11 is 0. The van der Waals surface area contributed by atoms with Gasteiger partial charge in [-0.3, -0.25) is 10.1 Å². The molecule has 1 aromatic heterocycles. The van der Waals surface area contributed by atoms with E-state index in [-0.39, 0.29) is 5.91 Å². The Hall–Kier alpha value is -3.32. The van der Waals surface area contributed by atoms with Crippen LogP contribution in [-0.2, 0) is 4.79 Å². The van der Waals surface area contributed by atoms with E-state index in [4.69, 9.17) is 9.26 Å². The molecule has 2 N–H and O–H groups in total. The number of aromatic nitrogens is 1. The molecule has 3 aromatic rings. The van der Waals surface area contributed by atoms with E-state index in [2.05, 4.69) is 21.4 Å². The fourth-order valence-electron chi connectivity index (χ4n) is 3.67. The zero-order valence-electron chi connectivity index (χ0n) is 17.4. The number of methoxy groups -OCH3 is 1. The predicted molar refractivity (Wildman–Crippen MR) is 116 cm³/mol. The maximum absolute atomic E-state index is 12.5. The van der Waals surface area contributed by atoms with Gasteiger partial charge in [-0.05, 0) is 19.1 Å². The predicted octanol–water partition coefficient (Wildman–Crippen LogP) is 2.00. The molecule has 7 nitrogen and oxygen atoms in total. The highest BCUT2D eigenvalue weighted by Gasteiger charge is 2.23. The summed E-state index contributed by atoms with van der Waals surface area (Å²) in [5, 5.41) is 6.89. The quantitative estimate of drug-likeness (QED) is 0.654. The van der Waals surface area contributed by atoms with Gasteiger partial charge in [0.05, 0.1) is 33.3 Å². The van der Waals surface area contributed by atoms with Gasteiger partial charge in [0.15, 0.2) is 6.54 Å². The smallest absolute Gasteiger partial charge is 0.281 e. The number of aryl methyl sites for hydroxylation is 1. The van der Waals surface area contributed by atoms with Crippen LogP contribution < -0.4 is 19.9 Å². The van der Waals surface area contributed by atoms with Gasteiger partial charge in [0.2, 0.25) is 5.88 Å². The number of amides is 1. The Labute approximate surface area is 176 Å². The van der Waals surface area contributed by atoms with Crippen LogP contribution >= 0.6 is 0 Å². The van der Waals surface area contributed by atoms with Gasteiger partial charge in [-0.2, -0.15) is 0 Å². The number of hydrogen-bond donors (Lipinski definition) is 2. The molecular weight excluding hydrogens is 380 g/mol. The lowest BCUT2D eigenvalue weighted by Crippen LogP contribution is -3.15. The number of anilines is 2. The van der Waals surface area contributed by atoms with E-state index in [0.29, 0.717) is 18.1 Å². The Kier molecular flexibility index (Phi) is 5.99. The molecule has 7 heteroatoms. The first-order valence-corrected chi connectivity index (χ1v) is 10.2. The van der Waals surface area contributed by atoms with Gasteiger partial charge in [-0.1, -0.05) is 41.1 Å². The Morgan fingerprint density at radius 3 is 2.67 bits per heavy atom. The molecule has 2 aromatic carbocycles. The van der Waals surface area contributed by atoms with Crippen molar-refractivity contribution in [1.29, 1.82) is 0 Å². The summed E-state index contributed by atoms with van der Waals surface area (Å²) in [6.45, 7) is 6.04. The molecule has 2 heterocycles. The molecule has 1 amide bonds. The zero-order chi connectivity index (χ0) is 20.9. The Morgan fingerprint density at radius 2 is 1.93 bits per heavy atom. The van der Waals surface area contributed by atoms with E-state index in [1.54, 1.807) is 13.2 Å². The van der Waals surface area contributed by atoms with E-state index >= 15 is 0 Å². The summed E-state index contributed by atoms with van der Waals surface area (Å²) < 4.78 is 10.6. The first kappa shape index (κ1) is 20.0. The normalized spacial score (nSPS) is 14.5. The maximum atomic E-state index is 12.5. The fourth-order valence-corrected chi connectivity index (χ4v) is 3.67. The highest BCUT2D eigenvalue weighted by atomic mass is 16.5. The van der Waals surface area contributed by atoms with Crippen LogP contribution in [0.3, 0.4) is 0 Å². The standard InChI is InChI=1S/C23H26N4O3/c1-17-6-8-18(9-7-17)21-15-23(30-25-21)24-22(28)16-26-10-12-27(13-11-26)19-4-3-5-20(14-19)29-2/h3-9,14-15H,10-13,16H2,1-2H3,(H,24,28)/p+1. The molecule has 4 rings (SSSR count). The number of ether oxygens (including phenoxy) is 1. The van der Waals surface area contributed by atoms with E-state index < -0.39 is 0 Å². The second-order valence-corrected chi connectivity index (χ2v) is 7.61. The third-order valence-corrected chi connectivity index (χ3v) is 5.42. The van der Waals surface area contributed by atoms with Crippen LogP contribution in [0.25, 0.3) is 11.3 Å². The molecule has 0 unspecified atom stereocenters. The van der Waals surface area contributed by atoms with Crippen LogP contribution in [0, 0.1) is 6.92 Å². The number of piperazine rings is 1. The van der Waals surface area contributed by atoms with E-state index in [1.807, 2.05) is 49.4 Å². The molecule has 0 radical (unpaired) electrons. The van der Waals surface area contributed by atoms with Crippen molar-refractivity contribution in [3.63, 3.8) is 0 Å². The van der Waals surface area contributed by atoms with Crippen molar-refractivity contribution in [3.05, 3.63) is 60.2 Å². The average molecular weight is 407 g/mol. The monoisotopic (exact) mass is 407 g/mol. The first-order valence-electron chi connectivity index (χ1n) is 10.2. The van der Waals surface area contributed by atoms with E-state index in [9.17, 15) is 4.79 Å². The molecule has 0 aliphatic carbocycles. The van der Waals surface area contributed by atoms with Gasteiger partial charge < -0.3 is 19.1 Å². The van der Waals surface area contributed by atoms with Gasteiger partial charge in [-0.15, -0.1) is 0 Å². The number of benzene rings is 2. The van der Waals surface area contributed by atoms with Crippen molar-refractivity contribution in [1.82, 2.24) is 5.16 Å². The number of carbonyl (C=O) groups excluding carboxylic acids is 1. The van der Waals surface area contributed by atoms with Crippen molar-refractivity contribution < 1.29 is 19.0 Å². The number of hydrogen-bond acceptors (Lipinski definition) is 5. The van der Waals surface area contributed by atoms with Gasteiger partial charge in [0.25, 0.3) is 5.91 Å². The summed E-state index contributed by atoms with van der Waals surface area (Å²) in [5.74, 6) is 1.18. The number of rotatable bonds is 6. The van der Waals surface area contributed by atoms with Crippen LogP contribution in [-0.4, -0.2) is 50.9 Å². The van der Waals surface area contributed by atoms with Crippen LogP contribution in [0.4, 0.5) is 11.6 Å². The highest BCUT2D eigenvalue weighted by Crippen LogP contribution is 2.22. The van der Waals surface area contributed by atoms with Gasteiger partial charge in [-0.25, -0.2) is 0 Å². The van der Waals surface area contributed by atoms with Crippen LogP contribution in [0.1, 0.15) is 5.56 Å². The van der Waals surface area contributed by atoms with E-state index in [1.165, 1.54) is 10.5 Å². The van der Waals surface area contributed by atoms with Crippen molar-refractivity contribution in [3.8, 4) is 17.0 Å². The van der Waals surface area contributed by atoms with Crippen molar-refractivity contribution in [2.75, 3.05) is 50.1 Å². The second-order valence-electron chi connectivity index (χ2n) is 7.61. The lowest BCUT2D eigenvalue weighted by molar-refractivity contribution is -0.892. The zero-order valence-corrected chi connectivity index (χ0v) is 17.4. The van der Waals surface area contributed by atoms with Gasteiger partial charge in [0.1, 0.15) is 11.4 Å². The average Bonchev–Trinajstić information content (AvgIpc) is 3.23. The first-order chi connectivity index (χ1) is 14.6. The second kappa shape index (κ2) is 9.00. The molecule has 0 saturated carbocycles. The summed E-state index contributed by atoms with van der Waals surface area (Å²) in [5.41, 5.74) is 4.02. The molecular formula is C23H27N4O3+. The molecule has 1 aliphatic rings. The maximum Gasteiger partial charge on any atom is 0.281 e. The van der Waals surface area contributed by atoms with Crippen molar-refractivity contribution in [2.45, 2.75) is 6.92 Å². The molecule has 30 heavy (non-hydrogen) atoms. The largest absolute Gasteiger partial charge is 0.497 e. The molecule has 1 aliphatic heterocycles. The molecule has 1 saturated heterocycles. The van der Waals surface area contributed by atoms with Gasteiger partial charge >= 0.3 is 0 Å². The SMILES string of the molecule is COc1cccc(N2CC[NH+](CC(=O)Nc3cc(-c4ccc(C)cc4)no3)CC2)c1. The Balaban J connectivity index is 1.27. The lowest BCUT2D eigenvalue weighted by Gasteiger charge is -2.33. The molecule has 0 spiro atoms. The third kappa shape index (κ3) is 4.80. The number of nitrogens with zero attached hydrogens (tertiary/aromatic N) is 2. The number of quaternary nitrogens is 1. The number of nitrogens with one attached hydrogen (secondary N) is 2. The van der Waals surface area contributed by atoms with Crippen LogP contribution in [0.2, 0.25) is 0 Å². The van der Waals surface area contributed by atoms with Crippen molar-refractivity contribution >= 4 is 17.5 Å². The fraction of sp³-hybridized carbons (Fsp3) is 0.304. The molecule has 0 bridgehead atoms.